The van der Waals surface area contributed by atoms with E-state index in [2.05, 4.69) is 15.3 Å². The van der Waals surface area contributed by atoms with Gasteiger partial charge in [0.05, 0.1) is 5.69 Å². The Morgan fingerprint density at radius 1 is 1.19 bits per heavy atom. The summed E-state index contributed by atoms with van der Waals surface area (Å²) in [6.45, 7) is 1.99. The lowest BCUT2D eigenvalue weighted by Gasteiger charge is -2.05. The van der Waals surface area contributed by atoms with Gasteiger partial charge < -0.3 is 5.11 Å². The van der Waals surface area contributed by atoms with E-state index in [-0.39, 0.29) is 5.69 Å². The summed E-state index contributed by atoms with van der Waals surface area (Å²) in [5.41, 5.74) is 2.62. The van der Waals surface area contributed by atoms with Gasteiger partial charge in [0.1, 0.15) is 0 Å². The van der Waals surface area contributed by atoms with Crippen molar-refractivity contribution in [1.82, 2.24) is 20.0 Å². The van der Waals surface area contributed by atoms with Gasteiger partial charge in [0.2, 0.25) is 0 Å². The summed E-state index contributed by atoms with van der Waals surface area (Å²) in [4.78, 5) is 11.2. The van der Waals surface area contributed by atoms with Crippen LogP contribution in [-0.4, -0.2) is 31.1 Å². The van der Waals surface area contributed by atoms with Crippen molar-refractivity contribution in [1.29, 1.82) is 0 Å². The number of carboxylic acids is 1. The molecular weight excluding hydrogens is 268 g/mol. The van der Waals surface area contributed by atoms with Crippen LogP contribution in [0.3, 0.4) is 0 Å². The summed E-state index contributed by atoms with van der Waals surface area (Å²) in [5.74, 6) is -0.605. The number of hydrogen-bond acceptors (Lipinski definition) is 4. The van der Waals surface area contributed by atoms with Crippen LogP contribution in [0.15, 0.2) is 48.7 Å². The molecule has 0 saturated heterocycles. The predicted octanol–water partition coefficient (Wildman–Crippen LogP) is 2.34. The van der Waals surface area contributed by atoms with E-state index in [9.17, 15) is 4.79 Å². The number of aromatic nitrogens is 4. The molecule has 1 N–H and O–H groups in total. The smallest absolute Gasteiger partial charge is 0.356 e. The number of rotatable bonds is 3. The van der Waals surface area contributed by atoms with E-state index in [4.69, 9.17) is 5.11 Å². The van der Waals surface area contributed by atoms with Crippen molar-refractivity contribution in [3.8, 4) is 17.1 Å². The van der Waals surface area contributed by atoms with Crippen molar-refractivity contribution in [2.24, 2.45) is 0 Å². The van der Waals surface area contributed by atoms with E-state index in [1.807, 2.05) is 31.2 Å². The molecule has 0 spiro atoms. The monoisotopic (exact) mass is 280 g/mol. The number of nitrogens with zero attached hydrogens (tertiary/aromatic N) is 4. The highest BCUT2D eigenvalue weighted by Crippen LogP contribution is 2.23. The number of carbonyl (C=O) groups is 1. The zero-order valence-electron chi connectivity index (χ0n) is 11.3. The minimum Gasteiger partial charge on any atom is -0.476 e. The molecule has 104 valence electrons. The molecule has 3 aromatic rings. The largest absolute Gasteiger partial charge is 0.476 e. The van der Waals surface area contributed by atoms with Gasteiger partial charge in [-0.1, -0.05) is 29.8 Å². The zero-order chi connectivity index (χ0) is 14.8. The molecule has 0 atom stereocenters. The Labute approximate surface area is 120 Å². The molecule has 0 aliphatic rings. The quantitative estimate of drug-likeness (QED) is 0.796. The third-order valence-electron chi connectivity index (χ3n) is 3.05. The van der Waals surface area contributed by atoms with E-state index < -0.39 is 5.97 Å². The Hall–Kier alpha value is -3.02. The molecule has 2 heterocycles. The molecule has 0 aliphatic heterocycles. The molecule has 21 heavy (non-hydrogen) atoms. The fraction of sp³-hybridized carbons (Fsp3) is 0.0667. The van der Waals surface area contributed by atoms with Gasteiger partial charge in [0.25, 0.3) is 0 Å². The number of carboxylic acid groups (broad SMARTS) is 1. The van der Waals surface area contributed by atoms with Crippen molar-refractivity contribution >= 4 is 5.97 Å². The van der Waals surface area contributed by atoms with Crippen LogP contribution in [0.2, 0.25) is 0 Å². The van der Waals surface area contributed by atoms with Crippen molar-refractivity contribution in [3.05, 3.63) is 59.9 Å². The molecule has 1 aromatic carbocycles. The molecule has 6 heteroatoms. The summed E-state index contributed by atoms with van der Waals surface area (Å²) < 4.78 is 1.49. The Morgan fingerprint density at radius 3 is 2.57 bits per heavy atom. The van der Waals surface area contributed by atoms with Crippen LogP contribution in [0.25, 0.3) is 17.1 Å². The predicted molar refractivity (Wildman–Crippen MR) is 76.3 cm³/mol. The first-order valence-corrected chi connectivity index (χ1v) is 6.33. The maximum Gasteiger partial charge on any atom is 0.356 e. The van der Waals surface area contributed by atoms with Gasteiger partial charge in [-0.2, -0.15) is 10.2 Å². The SMILES string of the molecule is Cc1ccc(-c2cc(C(=O)O)nn2-c2cccnn2)cc1. The summed E-state index contributed by atoms with van der Waals surface area (Å²) >= 11 is 0. The van der Waals surface area contributed by atoms with Gasteiger partial charge in [-0.25, -0.2) is 9.48 Å². The average Bonchev–Trinajstić information content (AvgIpc) is 2.94. The van der Waals surface area contributed by atoms with Gasteiger partial charge >= 0.3 is 5.97 Å². The van der Waals surface area contributed by atoms with Gasteiger partial charge in [0, 0.05) is 11.8 Å². The summed E-state index contributed by atoms with van der Waals surface area (Å²) in [5, 5.41) is 21.0. The van der Waals surface area contributed by atoms with E-state index in [1.165, 1.54) is 10.7 Å². The highest BCUT2D eigenvalue weighted by molar-refractivity contribution is 5.87. The maximum atomic E-state index is 11.2. The molecule has 0 amide bonds. The Balaban J connectivity index is 2.19. The summed E-state index contributed by atoms with van der Waals surface area (Å²) in [6, 6.07) is 12.7. The van der Waals surface area contributed by atoms with Crippen LogP contribution in [-0.2, 0) is 0 Å². The van der Waals surface area contributed by atoms with Crippen molar-refractivity contribution in [2.75, 3.05) is 0 Å². The molecule has 0 saturated carbocycles. The number of aromatic carboxylic acids is 1. The standard InChI is InChI=1S/C15H12N4O2/c1-10-4-6-11(7-5-10)13-9-12(15(20)21)18-19(13)14-3-2-8-16-17-14/h2-9H,1H3,(H,20,21). The first-order chi connectivity index (χ1) is 10.1. The van der Waals surface area contributed by atoms with Gasteiger partial charge in [-0.3, -0.25) is 0 Å². The minimum atomic E-state index is -1.08. The molecule has 0 unspecified atom stereocenters. The van der Waals surface area contributed by atoms with Crippen LogP contribution >= 0.6 is 0 Å². The molecule has 0 bridgehead atoms. The Morgan fingerprint density at radius 2 is 1.95 bits per heavy atom. The van der Waals surface area contributed by atoms with Gasteiger partial charge in [-0.15, -0.1) is 5.10 Å². The topological polar surface area (TPSA) is 80.9 Å². The van der Waals surface area contributed by atoms with Gasteiger partial charge in [0.15, 0.2) is 11.5 Å². The normalized spacial score (nSPS) is 10.5. The van der Waals surface area contributed by atoms with Crippen molar-refractivity contribution < 1.29 is 9.90 Å². The number of aryl methyl sites for hydroxylation is 1. The summed E-state index contributed by atoms with van der Waals surface area (Å²) in [7, 11) is 0. The molecular formula is C15H12N4O2. The van der Waals surface area contributed by atoms with E-state index in [0.717, 1.165) is 11.1 Å². The molecule has 6 nitrogen and oxygen atoms in total. The van der Waals surface area contributed by atoms with Crippen LogP contribution in [0, 0.1) is 6.92 Å². The Kier molecular flexibility index (Phi) is 3.19. The summed E-state index contributed by atoms with van der Waals surface area (Å²) in [6.07, 6.45) is 1.55. The highest BCUT2D eigenvalue weighted by atomic mass is 16.4. The lowest BCUT2D eigenvalue weighted by molar-refractivity contribution is 0.0690. The number of hydrogen-bond donors (Lipinski definition) is 1. The van der Waals surface area contributed by atoms with E-state index in [0.29, 0.717) is 11.5 Å². The second-order valence-electron chi connectivity index (χ2n) is 4.58. The molecule has 0 radical (unpaired) electrons. The van der Waals surface area contributed by atoms with Gasteiger partial charge in [-0.05, 0) is 25.1 Å². The maximum absolute atomic E-state index is 11.2. The van der Waals surface area contributed by atoms with Crippen molar-refractivity contribution in [2.45, 2.75) is 6.92 Å². The molecule has 0 aliphatic carbocycles. The van der Waals surface area contributed by atoms with E-state index in [1.54, 1.807) is 18.3 Å². The molecule has 3 rings (SSSR count). The van der Waals surface area contributed by atoms with Crippen LogP contribution in [0.4, 0.5) is 0 Å². The first-order valence-electron chi connectivity index (χ1n) is 6.33. The average molecular weight is 280 g/mol. The van der Waals surface area contributed by atoms with Crippen LogP contribution in [0.1, 0.15) is 16.1 Å². The zero-order valence-corrected chi connectivity index (χ0v) is 11.3. The van der Waals surface area contributed by atoms with Crippen molar-refractivity contribution in [3.63, 3.8) is 0 Å². The van der Waals surface area contributed by atoms with Crippen LogP contribution in [0.5, 0.6) is 0 Å². The first kappa shape index (κ1) is 13.0. The fourth-order valence-electron chi connectivity index (χ4n) is 2.00. The minimum absolute atomic E-state index is 0.0313. The molecule has 2 aromatic heterocycles. The van der Waals surface area contributed by atoms with Crippen LogP contribution < -0.4 is 0 Å². The molecule has 0 fully saturated rings. The fourth-order valence-corrected chi connectivity index (χ4v) is 2.00. The lowest BCUT2D eigenvalue weighted by Crippen LogP contribution is -2.04. The second kappa shape index (κ2) is 5.16. The third kappa shape index (κ3) is 2.51. The van der Waals surface area contributed by atoms with E-state index >= 15 is 0 Å². The second-order valence-corrected chi connectivity index (χ2v) is 4.58. The highest BCUT2D eigenvalue weighted by Gasteiger charge is 2.16. The lowest BCUT2D eigenvalue weighted by atomic mass is 10.1. The third-order valence-corrected chi connectivity index (χ3v) is 3.05. The number of benzene rings is 1. The Bertz CT molecular complexity index is 779.